The van der Waals surface area contributed by atoms with Crippen LogP contribution in [0.3, 0.4) is 0 Å². The highest BCUT2D eigenvalue weighted by atomic mass is 35.5. The maximum Gasteiger partial charge on any atom is 0.260 e. The molecule has 1 aliphatic heterocycles. The summed E-state index contributed by atoms with van der Waals surface area (Å²) < 4.78 is 10.9. The molecule has 1 fully saturated rings. The van der Waals surface area contributed by atoms with Gasteiger partial charge in [0.1, 0.15) is 5.75 Å². The van der Waals surface area contributed by atoms with E-state index in [4.69, 9.17) is 26.2 Å². The van der Waals surface area contributed by atoms with Gasteiger partial charge in [0.2, 0.25) is 0 Å². The molecule has 2 unspecified atom stereocenters. The molecular weight excluding hydrogens is 282 g/mol. The highest BCUT2D eigenvalue weighted by Gasteiger charge is 2.27. The molecule has 1 saturated heterocycles. The summed E-state index contributed by atoms with van der Waals surface area (Å²) >= 11 is 5.78. The zero-order valence-corrected chi connectivity index (χ0v) is 12.0. The molecule has 1 N–H and O–H groups in total. The normalized spacial score (nSPS) is 22.6. The van der Waals surface area contributed by atoms with Gasteiger partial charge in [0, 0.05) is 18.1 Å². The second-order valence-corrected chi connectivity index (χ2v) is 5.23. The van der Waals surface area contributed by atoms with Crippen LogP contribution >= 0.6 is 11.6 Å². The minimum Gasteiger partial charge on any atom is -0.484 e. The predicted molar refractivity (Wildman–Crippen MR) is 74.9 cm³/mol. The number of ether oxygens (including phenoxy) is 2. The van der Waals surface area contributed by atoms with Crippen LogP contribution in [-0.4, -0.2) is 54.4 Å². The fourth-order valence-electron chi connectivity index (χ4n) is 2.12. The molecule has 0 spiro atoms. The van der Waals surface area contributed by atoms with Crippen LogP contribution in [0.4, 0.5) is 0 Å². The first kappa shape index (κ1) is 15.1. The van der Waals surface area contributed by atoms with Gasteiger partial charge in [0.25, 0.3) is 5.91 Å². The Morgan fingerprint density at radius 1 is 1.45 bits per heavy atom. The molecule has 20 heavy (non-hydrogen) atoms. The number of amides is 1. The van der Waals surface area contributed by atoms with Crippen LogP contribution < -0.4 is 4.74 Å². The van der Waals surface area contributed by atoms with Crippen molar-refractivity contribution in [2.24, 2.45) is 0 Å². The third-order valence-corrected chi connectivity index (χ3v) is 3.31. The summed E-state index contributed by atoms with van der Waals surface area (Å²) in [6.45, 7) is 2.66. The van der Waals surface area contributed by atoms with E-state index in [-0.39, 0.29) is 31.3 Å². The third kappa shape index (κ3) is 4.10. The largest absolute Gasteiger partial charge is 0.484 e. The van der Waals surface area contributed by atoms with Crippen molar-refractivity contribution in [1.82, 2.24) is 4.90 Å². The van der Waals surface area contributed by atoms with E-state index in [0.29, 0.717) is 23.9 Å². The number of carbonyl (C=O) groups excluding carboxylic acids is 1. The molecule has 2 atom stereocenters. The Hall–Kier alpha value is -1.30. The van der Waals surface area contributed by atoms with E-state index in [0.717, 1.165) is 0 Å². The van der Waals surface area contributed by atoms with E-state index in [2.05, 4.69) is 0 Å². The van der Waals surface area contributed by atoms with Crippen LogP contribution in [0.15, 0.2) is 24.3 Å². The molecule has 5 nitrogen and oxygen atoms in total. The van der Waals surface area contributed by atoms with Crippen molar-refractivity contribution in [3.63, 3.8) is 0 Å². The van der Waals surface area contributed by atoms with Crippen molar-refractivity contribution < 1.29 is 19.4 Å². The first-order chi connectivity index (χ1) is 9.58. The van der Waals surface area contributed by atoms with Gasteiger partial charge < -0.3 is 19.5 Å². The van der Waals surface area contributed by atoms with Crippen LogP contribution in [0.1, 0.15) is 6.92 Å². The highest BCUT2D eigenvalue weighted by Crippen LogP contribution is 2.16. The number of benzene rings is 1. The summed E-state index contributed by atoms with van der Waals surface area (Å²) in [5.74, 6) is 0.483. The average molecular weight is 300 g/mol. The molecule has 1 aromatic carbocycles. The fraction of sp³-hybridized carbons (Fsp3) is 0.500. The number of aliphatic hydroxyl groups excluding tert-OH is 1. The van der Waals surface area contributed by atoms with E-state index in [1.807, 2.05) is 6.92 Å². The van der Waals surface area contributed by atoms with Crippen molar-refractivity contribution in [2.45, 2.75) is 19.1 Å². The second-order valence-electron chi connectivity index (χ2n) is 4.79. The Bertz CT molecular complexity index is 451. The minimum atomic E-state index is -0.321. The number of halogens is 1. The fourth-order valence-corrected chi connectivity index (χ4v) is 2.24. The van der Waals surface area contributed by atoms with Crippen LogP contribution in [-0.2, 0) is 9.53 Å². The van der Waals surface area contributed by atoms with Crippen molar-refractivity contribution >= 4 is 17.5 Å². The first-order valence-electron chi connectivity index (χ1n) is 6.51. The predicted octanol–water partition coefficient (Wildman–Crippen LogP) is 1.33. The van der Waals surface area contributed by atoms with E-state index in [1.165, 1.54) is 0 Å². The van der Waals surface area contributed by atoms with Crippen molar-refractivity contribution in [3.8, 4) is 5.75 Å². The molecule has 110 valence electrons. The zero-order chi connectivity index (χ0) is 14.5. The van der Waals surface area contributed by atoms with Gasteiger partial charge in [-0.15, -0.1) is 0 Å². The number of nitrogens with zero attached hydrogens (tertiary/aromatic N) is 1. The SMILES string of the molecule is CC1CN(C(=O)COc2ccc(Cl)cc2)CC(CO)O1. The molecule has 1 amide bonds. The smallest absolute Gasteiger partial charge is 0.260 e. The maximum atomic E-state index is 12.1. The van der Waals surface area contributed by atoms with Crippen molar-refractivity contribution in [3.05, 3.63) is 29.3 Å². The molecule has 0 bridgehead atoms. The molecule has 2 rings (SSSR count). The summed E-state index contributed by atoms with van der Waals surface area (Å²) in [5, 5.41) is 9.76. The Kier molecular flexibility index (Phi) is 5.23. The first-order valence-corrected chi connectivity index (χ1v) is 6.88. The molecule has 0 saturated carbocycles. The number of hydrogen-bond acceptors (Lipinski definition) is 4. The Balaban J connectivity index is 1.86. The summed E-state index contributed by atoms with van der Waals surface area (Å²) in [6, 6.07) is 6.85. The van der Waals surface area contributed by atoms with Gasteiger partial charge >= 0.3 is 0 Å². The topological polar surface area (TPSA) is 59.0 Å². The van der Waals surface area contributed by atoms with Crippen LogP contribution in [0.2, 0.25) is 5.02 Å². The van der Waals surface area contributed by atoms with Gasteiger partial charge in [0.05, 0.1) is 18.8 Å². The molecule has 0 aliphatic carbocycles. The number of rotatable bonds is 4. The quantitative estimate of drug-likeness (QED) is 0.911. The molecule has 1 aromatic rings. The van der Waals surface area contributed by atoms with E-state index in [1.54, 1.807) is 29.2 Å². The van der Waals surface area contributed by atoms with Gasteiger partial charge in [-0.3, -0.25) is 4.79 Å². The van der Waals surface area contributed by atoms with Crippen LogP contribution in [0, 0.1) is 0 Å². The minimum absolute atomic E-state index is 0.0352. The lowest BCUT2D eigenvalue weighted by molar-refractivity contribution is -0.149. The Labute approximate surface area is 123 Å². The van der Waals surface area contributed by atoms with E-state index < -0.39 is 0 Å². The lowest BCUT2D eigenvalue weighted by Crippen LogP contribution is -2.51. The maximum absolute atomic E-state index is 12.1. The molecule has 1 heterocycles. The summed E-state index contributed by atoms with van der Waals surface area (Å²) in [6.07, 6.45) is -0.404. The third-order valence-electron chi connectivity index (χ3n) is 3.06. The van der Waals surface area contributed by atoms with E-state index in [9.17, 15) is 4.79 Å². The standard InChI is InChI=1S/C14H18ClNO4/c1-10-6-16(7-13(8-17)20-10)14(18)9-19-12-4-2-11(15)3-5-12/h2-5,10,13,17H,6-9H2,1H3. The average Bonchev–Trinajstić information content (AvgIpc) is 2.45. The van der Waals surface area contributed by atoms with Crippen LogP contribution in [0.25, 0.3) is 0 Å². The number of morpholine rings is 1. The van der Waals surface area contributed by atoms with Crippen molar-refractivity contribution in [1.29, 1.82) is 0 Å². The summed E-state index contributed by atoms with van der Waals surface area (Å²) in [4.78, 5) is 13.7. The van der Waals surface area contributed by atoms with Gasteiger partial charge in [0.15, 0.2) is 6.61 Å². The second kappa shape index (κ2) is 6.92. The molecular formula is C14H18ClNO4. The van der Waals surface area contributed by atoms with Crippen molar-refractivity contribution in [2.75, 3.05) is 26.3 Å². The Morgan fingerprint density at radius 2 is 2.15 bits per heavy atom. The Morgan fingerprint density at radius 3 is 2.80 bits per heavy atom. The summed E-state index contributed by atoms with van der Waals surface area (Å²) in [7, 11) is 0. The summed E-state index contributed by atoms with van der Waals surface area (Å²) in [5.41, 5.74) is 0. The van der Waals surface area contributed by atoms with E-state index >= 15 is 0 Å². The highest BCUT2D eigenvalue weighted by molar-refractivity contribution is 6.30. The lowest BCUT2D eigenvalue weighted by Gasteiger charge is -2.36. The monoisotopic (exact) mass is 299 g/mol. The molecule has 0 aromatic heterocycles. The number of aliphatic hydroxyl groups is 1. The van der Waals surface area contributed by atoms with Gasteiger partial charge in [-0.1, -0.05) is 11.6 Å². The van der Waals surface area contributed by atoms with Crippen LogP contribution in [0.5, 0.6) is 5.75 Å². The molecule has 6 heteroatoms. The zero-order valence-electron chi connectivity index (χ0n) is 11.3. The number of carbonyl (C=O) groups is 1. The van der Waals surface area contributed by atoms with Gasteiger partial charge in [-0.25, -0.2) is 0 Å². The molecule has 0 radical (unpaired) electrons. The lowest BCUT2D eigenvalue weighted by atomic mass is 10.2. The van der Waals surface area contributed by atoms with Gasteiger partial charge in [-0.05, 0) is 31.2 Å². The van der Waals surface area contributed by atoms with Gasteiger partial charge in [-0.2, -0.15) is 0 Å². The molecule has 1 aliphatic rings. The number of hydrogen-bond donors (Lipinski definition) is 1.